The van der Waals surface area contributed by atoms with Gasteiger partial charge in [-0.2, -0.15) is 18.2 Å². The zero-order valence-corrected chi connectivity index (χ0v) is 28.6. The second-order valence-electron chi connectivity index (χ2n) is 9.64. The van der Waals surface area contributed by atoms with Gasteiger partial charge in [0.2, 0.25) is 0 Å². The van der Waals surface area contributed by atoms with Crippen LogP contribution in [0.1, 0.15) is 11.1 Å². The molecular formula is C39H32Cl2O2Zr-2. The molecule has 0 bridgehead atoms. The van der Waals surface area contributed by atoms with Gasteiger partial charge < -0.3 is 34.3 Å². The number of benzene rings is 5. The average Bonchev–Trinajstić information content (AvgIpc) is 3.74. The fourth-order valence-electron chi connectivity index (χ4n) is 4.96. The molecule has 0 atom stereocenters. The van der Waals surface area contributed by atoms with Crippen LogP contribution in [0.4, 0.5) is 0 Å². The van der Waals surface area contributed by atoms with Gasteiger partial charge in [-0.3, -0.25) is 0 Å². The van der Waals surface area contributed by atoms with Gasteiger partial charge in [-0.1, -0.05) is 42.5 Å². The van der Waals surface area contributed by atoms with Crippen LogP contribution in [0.15, 0.2) is 158 Å². The summed E-state index contributed by atoms with van der Waals surface area (Å²) in [5.74, 6) is 1.67. The van der Waals surface area contributed by atoms with Crippen molar-refractivity contribution in [1.82, 2.24) is 0 Å². The molecule has 5 heteroatoms. The molecular weight excluding hydrogens is 663 g/mol. The van der Waals surface area contributed by atoms with Gasteiger partial charge in [-0.05, 0) is 17.7 Å². The smallest absolute Gasteiger partial charge is 0.0771 e. The van der Waals surface area contributed by atoms with Gasteiger partial charge in [-0.25, -0.2) is 0 Å². The summed E-state index contributed by atoms with van der Waals surface area (Å²) in [6, 6.07) is 54.3. The van der Waals surface area contributed by atoms with Gasteiger partial charge in [-0.15, -0.1) is 51.4 Å². The maximum Gasteiger partial charge on any atom is -0.0771 e. The minimum absolute atomic E-state index is 0. The van der Waals surface area contributed by atoms with Crippen LogP contribution >= 0.6 is 0 Å². The van der Waals surface area contributed by atoms with E-state index in [9.17, 15) is 0 Å². The van der Waals surface area contributed by atoms with E-state index in [0.29, 0.717) is 0 Å². The molecule has 0 aliphatic heterocycles. The zero-order chi connectivity index (χ0) is 29.1. The molecule has 7 aromatic rings. The fraction of sp³-hybridized carbons (Fsp3) is 0.0513. The molecule has 0 aromatic heterocycles. The maximum atomic E-state index is 5.33. The molecule has 44 heavy (non-hydrogen) atoms. The normalized spacial score (nSPS) is 9.82. The van der Waals surface area contributed by atoms with Gasteiger partial charge in [0.05, 0.1) is 25.7 Å². The topological polar surface area (TPSA) is 18.5 Å². The van der Waals surface area contributed by atoms with Crippen LogP contribution in [0.5, 0.6) is 11.5 Å². The molecule has 2 nitrogen and oxygen atoms in total. The fourth-order valence-corrected chi connectivity index (χ4v) is 5.78. The molecule has 7 rings (SSSR count). The Labute approximate surface area is 287 Å². The van der Waals surface area contributed by atoms with Crippen LogP contribution in [0.2, 0.25) is 0 Å². The molecule has 0 spiro atoms. The van der Waals surface area contributed by atoms with Crippen molar-refractivity contribution in [3.63, 3.8) is 0 Å². The van der Waals surface area contributed by atoms with E-state index in [-0.39, 0.29) is 24.8 Å². The molecule has 0 radical (unpaired) electrons. The first kappa shape index (κ1) is 34.7. The Morgan fingerprint density at radius 3 is 1.41 bits per heavy atom. The third kappa shape index (κ3) is 8.45. The van der Waals surface area contributed by atoms with Crippen molar-refractivity contribution in [2.45, 2.75) is 0 Å². The van der Waals surface area contributed by atoms with E-state index in [2.05, 4.69) is 115 Å². The second-order valence-corrected chi connectivity index (χ2v) is 10.9. The van der Waals surface area contributed by atoms with E-state index in [1.807, 2.05) is 42.5 Å². The third-order valence-corrected chi connectivity index (χ3v) is 8.45. The van der Waals surface area contributed by atoms with Crippen molar-refractivity contribution in [1.29, 1.82) is 0 Å². The van der Waals surface area contributed by atoms with E-state index >= 15 is 0 Å². The Balaban J connectivity index is 0.000000177. The van der Waals surface area contributed by atoms with E-state index in [4.69, 9.17) is 9.47 Å². The molecule has 0 unspecified atom stereocenters. The van der Waals surface area contributed by atoms with Gasteiger partial charge in [0.25, 0.3) is 0 Å². The van der Waals surface area contributed by atoms with Gasteiger partial charge in [0.1, 0.15) is 0 Å². The molecule has 0 fully saturated rings. The predicted octanol–water partition coefficient (Wildman–Crippen LogP) is 3.61. The number of fused-ring (bicyclic) bond motifs is 3. The first-order valence-corrected chi connectivity index (χ1v) is 15.1. The van der Waals surface area contributed by atoms with Crippen molar-refractivity contribution < 1.29 is 58.5 Å². The van der Waals surface area contributed by atoms with E-state index < -0.39 is 0 Å². The largest absolute Gasteiger partial charge is 0.126 e. The quantitative estimate of drug-likeness (QED) is 0.257. The van der Waals surface area contributed by atoms with Crippen LogP contribution < -0.4 is 34.3 Å². The van der Waals surface area contributed by atoms with E-state index in [0.717, 1.165) is 22.6 Å². The van der Waals surface area contributed by atoms with Crippen LogP contribution in [0.25, 0.3) is 32.7 Å². The van der Waals surface area contributed by atoms with Crippen LogP contribution in [0, 0.1) is 0 Å². The molecule has 0 aliphatic rings. The average molecular weight is 695 g/mol. The molecule has 0 heterocycles. The summed E-state index contributed by atoms with van der Waals surface area (Å²) < 4.78 is 12.1. The van der Waals surface area contributed by atoms with Gasteiger partial charge in [0.15, 0.2) is 0 Å². The summed E-state index contributed by atoms with van der Waals surface area (Å²) in [5.41, 5.74) is 4.78. The first-order valence-electron chi connectivity index (χ1n) is 13.8. The monoisotopic (exact) mass is 692 g/mol. The number of ether oxygens (including phenoxy) is 2. The maximum absolute atomic E-state index is 5.33. The molecule has 0 N–H and O–H groups in total. The number of methoxy groups -OCH3 is 2. The summed E-state index contributed by atoms with van der Waals surface area (Å²) in [4.78, 5) is 0. The first-order chi connectivity index (χ1) is 20.7. The molecule has 220 valence electrons. The van der Waals surface area contributed by atoms with Crippen molar-refractivity contribution in [2.75, 3.05) is 14.2 Å². The van der Waals surface area contributed by atoms with Crippen molar-refractivity contribution >= 4 is 24.8 Å². The number of rotatable bonds is 5. The predicted molar refractivity (Wildman–Crippen MR) is 174 cm³/mol. The molecule has 0 saturated heterocycles. The summed E-state index contributed by atoms with van der Waals surface area (Å²) in [7, 11) is 3.34. The summed E-state index contributed by atoms with van der Waals surface area (Å²) >= 11 is 1.46. The Bertz CT molecular complexity index is 1750. The Kier molecular flexibility index (Phi) is 13.8. The van der Waals surface area contributed by atoms with E-state index in [1.54, 1.807) is 14.2 Å². The van der Waals surface area contributed by atoms with Crippen LogP contribution in [-0.2, 0) is 24.2 Å². The molecule has 0 saturated carbocycles. The number of hydrogen-bond donors (Lipinski definition) is 0. The molecule has 0 amide bonds. The second kappa shape index (κ2) is 17.5. The van der Waals surface area contributed by atoms with Crippen LogP contribution in [0.3, 0.4) is 0 Å². The van der Waals surface area contributed by atoms with Gasteiger partial charge >= 0.3 is 99.2 Å². The molecule has 0 aliphatic carbocycles. The Morgan fingerprint density at radius 2 is 0.977 bits per heavy atom. The van der Waals surface area contributed by atoms with E-state index in [1.165, 1.54) is 60.1 Å². The summed E-state index contributed by atoms with van der Waals surface area (Å²) in [5, 5.41) is 5.39. The molecule has 7 aromatic carbocycles. The third-order valence-electron chi connectivity index (χ3n) is 7.03. The Hall–Kier alpha value is -3.75. The number of hydrogen-bond acceptors (Lipinski definition) is 2. The summed E-state index contributed by atoms with van der Waals surface area (Å²) in [6.07, 6.45) is 0. The summed E-state index contributed by atoms with van der Waals surface area (Å²) in [6.45, 7) is 0. The zero-order valence-electron chi connectivity index (χ0n) is 24.6. The minimum Gasteiger partial charge on any atom is -0.126 e. The Morgan fingerprint density at radius 1 is 0.523 bits per heavy atom. The minimum atomic E-state index is 0. The van der Waals surface area contributed by atoms with Crippen LogP contribution in [-0.4, -0.2) is 17.4 Å². The van der Waals surface area contributed by atoms with Gasteiger partial charge in [0, 0.05) is 0 Å². The number of halogens is 2. The SMILES string of the molecule is COc1cccc(OC)c1-c1ccc[cH-]1.[Cl-].[Cl-].[Zr+2]=[C](c1ccccc1)c1ccccc1.c1ccc2c(c1)[cH-]c1ccccc12. The van der Waals surface area contributed by atoms with Crippen molar-refractivity contribution in [2.24, 2.45) is 0 Å². The van der Waals surface area contributed by atoms with Crippen molar-refractivity contribution in [3.05, 3.63) is 169 Å². The standard InChI is InChI=1S/C13H13O2.C13H9.C13H10.2ClH.Zr/c1-14-11-8-5-9-12(15-2)13(11)10-6-3-4-7-10;1-3-7-12-10(5-1)9-11-6-2-4-8-13(11)12;1-3-7-12(8-4-1)11-13-9-5-2-6-10-13;;;/h3-9H,1-2H3;1-9H;1-10H;2*1H;/q2*-1;;;;+2/p-2. The van der Waals surface area contributed by atoms with Crippen molar-refractivity contribution in [3.8, 4) is 22.6 Å².